The number of hydrogen-bond donors (Lipinski definition) is 0. The molecule has 17 heavy (non-hydrogen) atoms. The minimum absolute atomic E-state index is 0.416. The third kappa shape index (κ3) is 2.97. The van der Waals surface area contributed by atoms with Crippen molar-refractivity contribution in [2.24, 2.45) is 0 Å². The highest BCUT2D eigenvalue weighted by molar-refractivity contribution is 6.17. The number of hydrogen-bond acceptors (Lipinski definition) is 3. The van der Waals surface area contributed by atoms with Gasteiger partial charge in [-0.3, -0.25) is 0 Å². The summed E-state index contributed by atoms with van der Waals surface area (Å²) in [4.78, 5) is 4.15. The molecule has 0 N–H and O–H groups in total. The normalized spacial score (nSPS) is 10.5. The Morgan fingerprint density at radius 1 is 1.41 bits per heavy atom. The van der Waals surface area contributed by atoms with Crippen molar-refractivity contribution in [1.82, 2.24) is 14.8 Å². The van der Waals surface area contributed by atoms with Gasteiger partial charge in [0.1, 0.15) is 18.7 Å². The van der Waals surface area contributed by atoms with E-state index in [1.54, 1.807) is 0 Å². The van der Waals surface area contributed by atoms with Crippen molar-refractivity contribution < 1.29 is 4.74 Å². The first kappa shape index (κ1) is 11.9. The summed E-state index contributed by atoms with van der Waals surface area (Å²) in [5.74, 6) is 2.11. The van der Waals surface area contributed by atoms with Crippen molar-refractivity contribution in [2.75, 3.05) is 0 Å². The van der Waals surface area contributed by atoms with Crippen LogP contribution in [0.4, 0.5) is 0 Å². The van der Waals surface area contributed by atoms with Gasteiger partial charge in [-0.1, -0.05) is 12.1 Å². The Labute approximate surface area is 105 Å². The lowest BCUT2D eigenvalue weighted by atomic mass is 10.2. The van der Waals surface area contributed by atoms with E-state index in [0.29, 0.717) is 12.5 Å². The van der Waals surface area contributed by atoms with Crippen LogP contribution in [0.5, 0.6) is 5.75 Å². The summed E-state index contributed by atoms with van der Waals surface area (Å²) in [7, 11) is 0. The second kappa shape index (κ2) is 5.68. The van der Waals surface area contributed by atoms with Crippen LogP contribution in [0, 0.1) is 0 Å². The second-order valence-electron chi connectivity index (χ2n) is 3.56. The number of ether oxygens (including phenoxy) is 1. The van der Waals surface area contributed by atoms with E-state index < -0.39 is 0 Å². The quantitative estimate of drug-likeness (QED) is 0.767. The molecule has 1 heterocycles. The van der Waals surface area contributed by atoms with Gasteiger partial charge in [-0.2, -0.15) is 5.10 Å². The van der Waals surface area contributed by atoms with Gasteiger partial charge in [0, 0.05) is 12.4 Å². The molecule has 2 aromatic rings. The second-order valence-corrected chi connectivity index (χ2v) is 3.83. The van der Waals surface area contributed by atoms with E-state index in [1.807, 2.05) is 35.9 Å². The zero-order valence-corrected chi connectivity index (χ0v) is 10.4. The molecular weight excluding hydrogens is 238 g/mol. The van der Waals surface area contributed by atoms with Crippen LogP contribution in [0.15, 0.2) is 30.6 Å². The molecule has 0 aliphatic heterocycles. The van der Waals surface area contributed by atoms with Crippen molar-refractivity contribution >= 4 is 11.6 Å². The standard InChI is InChI=1S/C12H14ClN3O/c1-2-16-12(14-9-15-16)8-17-11-5-3-4-10(6-11)7-13/h3-6,9H,2,7-8H2,1H3. The van der Waals surface area contributed by atoms with E-state index >= 15 is 0 Å². The van der Waals surface area contributed by atoms with Gasteiger partial charge in [0.15, 0.2) is 5.82 Å². The smallest absolute Gasteiger partial charge is 0.164 e. The van der Waals surface area contributed by atoms with Gasteiger partial charge in [-0.25, -0.2) is 9.67 Å². The monoisotopic (exact) mass is 251 g/mol. The summed E-state index contributed by atoms with van der Waals surface area (Å²) in [6, 6.07) is 7.73. The first-order valence-electron chi connectivity index (χ1n) is 5.48. The molecule has 1 aromatic carbocycles. The van der Waals surface area contributed by atoms with Crippen LogP contribution >= 0.6 is 11.6 Å². The summed E-state index contributed by atoms with van der Waals surface area (Å²) >= 11 is 5.76. The fourth-order valence-electron chi connectivity index (χ4n) is 1.53. The molecule has 2 rings (SSSR count). The lowest BCUT2D eigenvalue weighted by molar-refractivity contribution is 0.287. The molecule has 0 bridgehead atoms. The predicted molar refractivity (Wildman–Crippen MR) is 66.0 cm³/mol. The Kier molecular flexibility index (Phi) is 3.98. The van der Waals surface area contributed by atoms with E-state index in [4.69, 9.17) is 16.3 Å². The summed E-state index contributed by atoms with van der Waals surface area (Å²) in [6.07, 6.45) is 1.54. The Balaban J connectivity index is 2.02. The van der Waals surface area contributed by atoms with Crippen LogP contribution in [0.1, 0.15) is 18.3 Å². The highest BCUT2D eigenvalue weighted by Crippen LogP contribution is 2.15. The van der Waals surface area contributed by atoms with Crippen molar-refractivity contribution in [3.05, 3.63) is 42.0 Å². The summed E-state index contributed by atoms with van der Waals surface area (Å²) in [5.41, 5.74) is 1.04. The molecule has 1 aromatic heterocycles. The van der Waals surface area contributed by atoms with Crippen LogP contribution in [-0.2, 0) is 19.0 Å². The van der Waals surface area contributed by atoms with Crippen molar-refractivity contribution in [1.29, 1.82) is 0 Å². The van der Waals surface area contributed by atoms with E-state index in [2.05, 4.69) is 10.1 Å². The van der Waals surface area contributed by atoms with Crippen LogP contribution in [0.3, 0.4) is 0 Å². The molecule has 0 fully saturated rings. The number of aromatic nitrogens is 3. The average Bonchev–Trinajstić information content (AvgIpc) is 2.84. The SMILES string of the molecule is CCn1ncnc1COc1cccc(CCl)c1. The van der Waals surface area contributed by atoms with Crippen LogP contribution < -0.4 is 4.74 Å². The number of nitrogens with zero attached hydrogens (tertiary/aromatic N) is 3. The maximum Gasteiger partial charge on any atom is 0.164 e. The largest absolute Gasteiger partial charge is 0.486 e. The van der Waals surface area contributed by atoms with Gasteiger partial charge in [0.25, 0.3) is 0 Å². The molecule has 0 saturated heterocycles. The summed E-state index contributed by atoms with van der Waals surface area (Å²) in [6.45, 7) is 3.23. The van der Waals surface area contributed by atoms with E-state index in [1.165, 1.54) is 6.33 Å². The maximum absolute atomic E-state index is 5.76. The van der Waals surface area contributed by atoms with Gasteiger partial charge >= 0.3 is 0 Å². The molecule has 0 aliphatic rings. The van der Waals surface area contributed by atoms with Gasteiger partial charge in [-0.05, 0) is 24.6 Å². The molecule has 4 nitrogen and oxygen atoms in total. The van der Waals surface area contributed by atoms with Crippen LogP contribution in [-0.4, -0.2) is 14.8 Å². The van der Waals surface area contributed by atoms with Crippen molar-refractivity contribution in [2.45, 2.75) is 26.0 Å². The molecule has 0 unspecified atom stereocenters. The van der Waals surface area contributed by atoms with Gasteiger partial charge < -0.3 is 4.74 Å². The zero-order chi connectivity index (χ0) is 12.1. The minimum Gasteiger partial charge on any atom is -0.486 e. The lowest BCUT2D eigenvalue weighted by Crippen LogP contribution is -2.07. The van der Waals surface area contributed by atoms with E-state index in [0.717, 1.165) is 23.7 Å². The number of benzene rings is 1. The van der Waals surface area contributed by atoms with Crippen molar-refractivity contribution in [3.63, 3.8) is 0 Å². The average molecular weight is 252 g/mol. The molecular formula is C12H14ClN3O. The molecule has 0 saturated carbocycles. The number of halogens is 1. The van der Waals surface area contributed by atoms with Gasteiger partial charge in [-0.15, -0.1) is 11.6 Å². The first-order chi connectivity index (χ1) is 8.33. The molecule has 0 radical (unpaired) electrons. The number of rotatable bonds is 5. The highest BCUT2D eigenvalue weighted by Gasteiger charge is 2.03. The zero-order valence-electron chi connectivity index (χ0n) is 9.64. The molecule has 0 amide bonds. The van der Waals surface area contributed by atoms with Crippen molar-refractivity contribution in [3.8, 4) is 5.75 Å². The lowest BCUT2D eigenvalue weighted by Gasteiger charge is -2.07. The topological polar surface area (TPSA) is 39.9 Å². The van der Waals surface area contributed by atoms with E-state index in [-0.39, 0.29) is 0 Å². The first-order valence-corrected chi connectivity index (χ1v) is 6.01. The predicted octanol–water partition coefficient (Wildman–Crippen LogP) is 2.62. The minimum atomic E-state index is 0.416. The van der Waals surface area contributed by atoms with Crippen LogP contribution in [0.25, 0.3) is 0 Å². The van der Waals surface area contributed by atoms with Gasteiger partial charge in [0.05, 0.1) is 0 Å². The van der Waals surface area contributed by atoms with E-state index in [9.17, 15) is 0 Å². The summed E-state index contributed by atoms with van der Waals surface area (Å²) < 4.78 is 7.46. The number of aryl methyl sites for hydroxylation is 1. The summed E-state index contributed by atoms with van der Waals surface area (Å²) in [5, 5.41) is 4.09. The maximum atomic E-state index is 5.76. The molecule has 90 valence electrons. The number of alkyl halides is 1. The Bertz CT molecular complexity index is 484. The fourth-order valence-corrected chi connectivity index (χ4v) is 1.70. The Morgan fingerprint density at radius 2 is 2.29 bits per heavy atom. The van der Waals surface area contributed by atoms with Crippen LogP contribution in [0.2, 0.25) is 0 Å². The third-order valence-corrected chi connectivity index (χ3v) is 2.72. The highest BCUT2D eigenvalue weighted by atomic mass is 35.5. The Hall–Kier alpha value is -1.55. The molecule has 0 atom stereocenters. The molecule has 0 spiro atoms. The molecule has 0 aliphatic carbocycles. The van der Waals surface area contributed by atoms with Gasteiger partial charge in [0.2, 0.25) is 0 Å². The molecule has 5 heteroatoms. The Morgan fingerprint density at radius 3 is 3.06 bits per heavy atom. The third-order valence-electron chi connectivity index (χ3n) is 2.42. The fraction of sp³-hybridized carbons (Fsp3) is 0.333.